The summed E-state index contributed by atoms with van der Waals surface area (Å²) >= 11 is 0. The molecule has 27 heavy (non-hydrogen) atoms. The molecule has 4 rings (SSSR count). The minimum Gasteiger partial charge on any atom is -0.359 e. The van der Waals surface area contributed by atoms with Crippen LogP contribution in [0.15, 0.2) is 47.2 Å². The number of benzene rings is 1. The van der Waals surface area contributed by atoms with Crippen LogP contribution in [0.1, 0.15) is 50.4 Å². The molecule has 3 heterocycles. The first-order valence-corrected chi connectivity index (χ1v) is 9.66. The maximum absolute atomic E-state index is 5.59. The lowest BCUT2D eigenvalue weighted by atomic mass is 10.0. The highest BCUT2D eigenvalue weighted by Gasteiger charge is 2.28. The van der Waals surface area contributed by atoms with Gasteiger partial charge in [0.1, 0.15) is 0 Å². The van der Waals surface area contributed by atoms with Crippen LogP contribution in [0, 0.1) is 5.92 Å². The minimum atomic E-state index is 0.204. The van der Waals surface area contributed by atoms with Gasteiger partial charge in [-0.2, -0.15) is 0 Å². The molecule has 0 saturated carbocycles. The fraction of sp³-hybridized carbons (Fsp3) is 0.429. The van der Waals surface area contributed by atoms with Gasteiger partial charge in [-0.1, -0.05) is 49.3 Å². The first kappa shape index (κ1) is 17.9. The Balaban J connectivity index is 1.66. The fourth-order valence-corrected chi connectivity index (χ4v) is 3.71. The molecule has 2 unspecified atom stereocenters. The molecule has 1 saturated heterocycles. The van der Waals surface area contributed by atoms with Crippen LogP contribution in [0.5, 0.6) is 0 Å². The summed E-state index contributed by atoms with van der Waals surface area (Å²) in [6, 6.07) is 13.0. The maximum Gasteiger partial charge on any atom is 0.156 e. The first-order valence-electron chi connectivity index (χ1n) is 9.66. The summed E-state index contributed by atoms with van der Waals surface area (Å²) in [5.41, 5.74) is 11.1. The second-order valence-electron chi connectivity index (χ2n) is 7.83. The van der Waals surface area contributed by atoms with E-state index in [9.17, 15) is 0 Å². The van der Waals surface area contributed by atoms with E-state index in [1.54, 1.807) is 0 Å². The number of hydrazine groups is 1. The molecule has 2 N–H and O–H groups in total. The predicted octanol–water partition coefficient (Wildman–Crippen LogP) is 3.71. The number of hydrogen-bond donors (Lipinski definition) is 2. The van der Waals surface area contributed by atoms with E-state index in [1.807, 2.05) is 12.4 Å². The number of hydrogen-bond acceptors (Lipinski definition) is 5. The van der Waals surface area contributed by atoms with Crippen molar-refractivity contribution in [3.8, 4) is 11.3 Å². The van der Waals surface area contributed by atoms with E-state index < -0.39 is 0 Å². The summed E-state index contributed by atoms with van der Waals surface area (Å²) in [5.74, 6) is 1.43. The predicted molar refractivity (Wildman–Crippen MR) is 105 cm³/mol. The van der Waals surface area contributed by atoms with Gasteiger partial charge >= 0.3 is 0 Å². The maximum atomic E-state index is 5.59. The molecule has 0 radical (unpaired) electrons. The largest absolute Gasteiger partial charge is 0.359 e. The van der Waals surface area contributed by atoms with Gasteiger partial charge < -0.3 is 9.09 Å². The highest BCUT2D eigenvalue weighted by atomic mass is 16.5. The Morgan fingerprint density at radius 2 is 2.04 bits per heavy atom. The third-order valence-corrected chi connectivity index (χ3v) is 4.90. The second-order valence-corrected chi connectivity index (χ2v) is 7.83. The molecule has 1 aliphatic heterocycles. The summed E-state index contributed by atoms with van der Waals surface area (Å²) in [4.78, 5) is 4.74. The van der Waals surface area contributed by atoms with E-state index in [0.717, 1.165) is 35.6 Å². The van der Waals surface area contributed by atoms with Crippen molar-refractivity contribution in [2.45, 2.75) is 52.2 Å². The number of nitrogens with one attached hydrogen (secondary N) is 2. The van der Waals surface area contributed by atoms with Crippen LogP contribution in [-0.4, -0.2) is 20.7 Å². The smallest absolute Gasteiger partial charge is 0.156 e. The minimum absolute atomic E-state index is 0.204. The molecular formula is C21H27N5O. The number of aromatic nitrogens is 3. The van der Waals surface area contributed by atoms with E-state index in [2.05, 4.69) is 71.7 Å². The third kappa shape index (κ3) is 3.96. The zero-order valence-corrected chi connectivity index (χ0v) is 16.1. The van der Waals surface area contributed by atoms with Gasteiger partial charge in [-0.15, -0.1) is 0 Å². The molecule has 0 aliphatic carbocycles. The monoisotopic (exact) mass is 365 g/mol. The van der Waals surface area contributed by atoms with Crippen LogP contribution in [0.25, 0.3) is 11.3 Å². The third-order valence-electron chi connectivity index (χ3n) is 4.90. The van der Waals surface area contributed by atoms with Crippen molar-refractivity contribution in [1.29, 1.82) is 0 Å². The molecule has 6 nitrogen and oxygen atoms in total. The van der Waals surface area contributed by atoms with E-state index in [-0.39, 0.29) is 6.04 Å². The van der Waals surface area contributed by atoms with Gasteiger partial charge in [-0.05, 0) is 25.7 Å². The summed E-state index contributed by atoms with van der Waals surface area (Å²) in [6.07, 6.45) is 3.86. The summed E-state index contributed by atoms with van der Waals surface area (Å²) in [7, 11) is 0. The summed E-state index contributed by atoms with van der Waals surface area (Å²) < 4.78 is 7.77. The number of imidazole rings is 1. The Bertz CT molecular complexity index is 883. The van der Waals surface area contributed by atoms with Gasteiger partial charge in [0.15, 0.2) is 5.76 Å². The van der Waals surface area contributed by atoms with Gasteiger partial charge in [0.25, 0.3) is 0 Å². The average molecular weight is 365 g/mol. The summed E-state index contributed by atoms with van der Waals surface area (Å²) in [5, 5.41) is 4.22. The molecule has 3 aromatic rings. The van der Waals surface area contributed by atoms with E-state index in [0.29, 0.717) is 18.5 Å². The Morgan fingerprint density at radius 1 is 1.22 bits per heavy atom. The zero-order chi connectivity index (χ0) is 18.8. The second kappa shape index (κ2) is 7.66. The van der Waals surface area contributed by atoms with Crippen molar-refractivity contribution in [3.05, 3.63) is 59.9 Å². The standard InChI is InChI=1S/C21H27N5O/c1-14(2)9-17-11-18(27-25-17)12-26-13-22-20(16-7-5-4-6-8-16)21(26)19-10-15(3)23-24-19/h4-8,11,13-15,19,23-24H,9-10,12H2,1-3H3. The van der Waals surface area contributed by atoms with Gasteiger partial charge in [-0.25, -0.2) is 10.4 Å². The van der Waals surface area contributed by atoms with Gasteiger partial charge in [-0.3, -0.25) is 5.43 Å². The number of rotatable bonds is 6. The molecule has 0 spiro atoms. The lowest BCUT2D eigenvalue weighted by Crippen LogP contribution is -2.29. The van der Waals surface area contributed by atoms with Gasteiger partial charge in [0.05, 0.1) is 36.0 Å². The molecule has 1 aliphatic rings. The first-order chi connectivity index (χ1) is 13.1. The van der Waals surface area contributed by atoms with Crippen molar-refractivity contribution < 1.29 is 4.52 Å². The molecule has 0 amide bonds. The molecule has 0 bridgehead atoms. The van der Waals surface area contributed by atoms with Crippen LogP contribution in [0.2, 0.25) is 0 Å². The Kier molecular flexibility index (Phi) is 5.09. The molecular weight excluding hydrogens is 338 g/mol. The summed E-state index contributed by atoms with van der Waals surface area (Å²) in [6.45, 7) is 7.19. The molecule has 2 atom stereocenters. The highest BCUT2D eigenvalue weighted by Crippen LogP contribution is 2.31. The van der Waals surface area contributed by atoms with Crippen molar-refractivity contribution in [3.63, 3.8) is 0 Å². The van der Waals surface area contributed by atoms with Crippen LogP contribution < -0.4 is 10.9 Å². The van der Waals surface area contributed by atoms with Crippen molar-refractivity contribution >= 4 is 0 Å². The lowest BCUT2D eigenvalue weighted by Gasteiger charge is -2.15. The van der Waals surface area contributed by atoms with E-state index in [1.165, 1.54) is 5.69 Å². The zero-order valence-electron chi connectivity index (χ0n) is 16.1. The Morgan fingerprint density at radius 3 is 2.74 bits per heavy atom. The molecule has 2 aromatic heterocycles. The van der Waals surface area contributed by atoms with E-state index >= 15 is 0 Å². The quantitative estimate of drug-likeness (QED) is 0.697. The normalized spacial score (nSPS) is 19.9. The molecule has 1 aromatic carbocycles. The average Bonchev–Trinajstić information content (AvgIpc) is 3.36. The van der Waals surface area contributed by atoms with Crippen LogP contribution >= 0.6 is 0 Å². The SMILES string of the molecule is CC(C)Cc1cc(Cn2cnc(-c3ccccc3)c2C2CC(C)NN2)on1. The molecule has 142 valence electrons. The fourth-order valence-electron chi connectivity index (χ4n) is 3.71. The molecule has 6 heteroatoms. The Hall–Kier alpha value is -2.44. The Labute approximate surface area is 159 Å². The van der Waals surface area contributed by atoms with Crippen LogP contribution in [0.3, 0.4) is 0 Å². The molecule has 1 fully saturated rings. The van der Waals surface area contributed by atoms with Crippen LogP contribution in [0.4, 0.5) is 0 Å². The van der Waals surface area contributed by atoms with Gasteiger partial charge in [0, 0.05) is 17.7 Å². The topological polar surface area (TPSA) is 67.9 Å². The van der Waals surface area contributed by atoms with E-state index in [4.69, 9.17) is 9.51 Å². The van der Waals surface area contributed by atoms with Gasteiger partial charge in [0.2, 0.25) is 0 Å². The van der Waals surface area contributed by atoms with Crippen molar-refractivity contribution in [1.82, 2.24) is 25.6 Å². The van der Waals surface area contributed by atoms with Crippen molar-refractivity contribution in [2.24, 2.45) is 5.92 Å². The lowest BCUT2D eigenvalue weighted by molar-refractivity contribution is 0.365. The number of nitrogens with zero attached hydrogens (tertiary/aromatic N) is 3. The highest BCUT2D eigenvalue weighted by molar-refractivity contribution is 5.62. The van der Waals surface area contributed by atoms with Crippen molar-refractivity contribution in [2.75, 3.05) is 0 Å². The van der Waals surface area contributed by atoms with Crippen LogP contribution in [-0.2, 0) is 13.0 Å².